The van der Waals surface area contributed by atoms with Crippen molar-refractivity contribution in [3.8, 4) is 0 Å². The smallest absolute Gasteiger partial charge is 0.0107 e. The Kier molecular flexibility index (Phi) is 4.66. The Morgan fingerprint density at radius 3 is 2.50 bits per heavy atom. The van der Waals surface area contributed by atoms with Crippen LogP contribution in [-0.2, 0) is 0 Å². The third-order valence-electron chi connectivity index (χ3n) is 4.70. The van der Waals surface area contributed by atoms with Gasteiger partial charge in [0, 0.05) is 18.6 Å². The summed E-state index contributed by atoms with van der Waals surface area (Å²) in [5.74, 6) is 1.000. The topological polar surface area (TPSA) is 15.3 Å². The van der Waals surface area contributed by atoms with Gasteiger partial charge in [-0.05, 0) is 52.1 Å². The van der Waals surface area contributed by atoms with E-state index in [9.17, 15) is 0 Å². The first-order valence-electron chi connectivity index (χ1n) is 7.17. The maximum absolute atomic E-state index is 3.46. The third kappa shape index (κ3) is 3.21. The lowest BCUT2D eigenvalue weighted by molar-refractivity contribution is 0.151. The van der Waals surface area contributed by atoms with Gasteiger partial charge in [-0.15, -0.1) is 0 Å². The highest BCUT2D eigenvalue weighted by molar-refractivity contribution is 4.83. The third-order valence-corrected chi connectivity index (χ3v) is 4.70. The van der Waals surface area contributed by atoms with Crippen LogP contribution in [0.25, 0.3) is 0 Å². The summed E-state index contributed by atoms with van der Waals surface area (Å²) in [5, 5.41) is 3.46. The van der Waals surface area contributed by atoms with E-state index in [-0.39, 0.29) is 0 Å². The van der Waals surface area contributed by atoms with Gasteiger partial charge in [0.15, 0.2) is 0 Å². The molecule has 0 radical (unpaired) electrons. The molecule has 2 rings (SSSR count). The van der Waals surface area contributed by atoms with Crippen molar-refractivity contribution >= 4 is 0 Å². The normalized spacial score (nSPS) is 32.4. The molecule has 2 aliphatic rings. The van der Waals surface area contributed by atoms with Crippen LogP contribution in [0.1, 0.15) is 51.4 Å². The average molecular weight is 224 g/mol. The lowest BCUT2D eigenvalue weighted by Gasteiger charge is -2.36. The first-order valence-corrected chi connectivity index (χ1v) is 7.17. The zero-order valence-electron chi connectivity index (χ0n) is 11.0. The molecule has 94 valence electrons. The van der Waals surface area contributed by atoms with Gasteiger partial charge < -0.3 is 10.2 Å². The van der Waals surface area contributed by atoms with E-state index < -0.39 is 0 Å². The van der Waals surface area contributed by atoms with Crippen LogP contribution < -0.4 is 5.32 Å². The maximum Gasteiger partial charge on any atom is 0.0107 e. The van der Waals surface area contributed by atoms with E-state index >= 15 is 0 Å². The van der Waals surface area contributed by atoms with Gasteiger partial charge in [0.1, 0.15) is 0 Å². The molecule has 0 aromatic heterocycles. The lowest BCUT2D eigenvalue weighted by Crippen LogP contribution is -2.43. The largest absolute Gasteiger partial charge is 0.317 e. The van der Waals surface area contributed by atoms with Gasteiger partial charge in [-0.1, -0.05) is 19.3 Å². The van der Waals surface area contributed by atoms with Crippen molar-refractivity contribution in [3.05, 3.63) is 0 Å². The van der Waals surface area contributed by atoms with E-state index in [1.807, 2.05) is 0 Å². The van der Waals surface area contributed by atoms with E-state index in [1.165, 1.54) is 57.9 Å². The fourth-order valence-electron chi connectivity index (χ4n) is 3.58. The summed E-state index contributed by atoms with van der Waals surface area (Å²) in [6, 6.07) is 1.61. The summed E-state index contributed by atoms with van der Waals surface area (Å²) < 4.78 is 0. The first kappa shape index (κ1) is 12.4. The highest BCUT2D eigenvalue weighted by Gasteiger charge is 2.26. The van der Waals surface area contributed by atoms with Crippen molar-refractivity contribution in [2.24, 2.45) is 5.92 Å². The van der Waals surface area contributed by atoms with Crippen molar-refractivity contribution in [2.75, 3.05) is 20.6 Å². The van der Waals surface area contributed by atoms with Gasteiger partial charge in [0.05, 0.1) is 0 Å². The highest BCUT2D eigenvalue weighted by atomic mass is 15.1. The summed E-state index contributed by atoms with van der Waals surface area (Å²) in [5.41, 5.74) is 0. The zero-order valence-corrected chi connectivity index (χ0v) is 11.0. The number of nitrogens with zero attached hydrogens (tertiary/aromatic N) is 1. The Balaban J connectivity index is 1.76. The molecule has 0 aromatic carbocycles. The Morgan fingerprint density at radius 1 is 1.06 bits per heavy atom. The molecule has 2 heteroatoms. The average Bonchev–Trinajstić information content (AvgIpc) is 2.82. The van der Waals surface area contributed by atoms with E-state index in [0.29, 0.717) is 0 Å². The van der Waals surface area contributed by atoms with Crippen LogP contribution >= 0.6 is 0 Å². The Morgan fingerprint density at radius 2 is 1.81 bits per heavy atom. The molecule has 2 aliphatic carbocycles. The Labute approximate surface area is 101 Å². The van der Waals surface area contributed by atoms with Gasteiger partial charge >= 0.3 is 0 Å². The molecule has 0 amide bonds. The van der Waals surface area contributed by atoms with Crippen molar-refractivity contribution in [1.82, 2.24) is 10.2 Å². The van der Waals surface area contributed by atoms with E-state index in [2.05, 4.69) is 24.3 Å². The highest BCUT2D eigenvalue weighted by Crippen LogP contribution is 2.28. The van der Waals surface area contributed by atoms with Gasteiger partial charge in [0.25, 0.3) is 0 Å². The molecule has 0 bridgehead atoms. The van der Waals surface area contributed by atoms with Crippen LogP contribution in [0.3, 0.4) is 0 Å². The molecular formula is C14H28N2. The monoisotopic (exact) mass is 224 g/mol. The van der Waals surface area contributed by atoms with Gasteiger partial charge in [-0.25, -0.2) is 0 Å². The molecule has 0 aliphatic heterocycles. The predicted molar refractivity (Wildman–Crippen MR) is 69.7 cm³/mol. The lowest BCUT2D eigenvalue weighted by atomic mass is 9.89. The second kappa shape index (κ2) is 6.02. The molecule has 0 spiro atoms. The molecule has 2 saturated carbocycles. The van der Waals surface area contributed by atoms with E-state index in [4.69, 9.17) is 0 Å². The molecule has 2 unspecified atom stereocenters. The molecule has 0 saturated heterocycles. The fourth-order valence-corrected chi connectivity index (χ4v) is 3.58. The quantitative estimate of drug-likeness (QED) is 0.790. The fraction of sp³-hybridized carbons (Fsp3) is 1.00. The molecule has 2 nitrogen and oxygen atoms in total. The minimum atomic E-state index is 0.768. The van der Waals surface area contributed by atoms with Crippen molar-refractivity contribution in [1.29, 1.82) is 0 Å². The van der Waals surface area contributed by atoms with Gasteiger partial charge in [-0.2, -0.15) is 0 Å². The number of hydrogen-bond donors (Lipinski definition) is 1. The zero-order chi connectivity index (χ0) is 11.4. The molecule has 1 N–H and O–H groups in total. The Hall–Kier alpha value is -0.0800. The Bertz CT molecular complexity index is 199. The second-order valence-electron chi connectivity index (χ2n) is 5.90. The number of rotatable bonds is 4. The van der Waals surface area contributed by atoms with Crippen LogP contribution in [0.15, 0.2) is 0 Å². The molecule has 2 atom stereocenters. The van der Waals surface area contributed by atoms with Gasteiger partial charge in [0.2, 0.25) is 0 Å². The number of nitrogens with one attached hydrogen (secondary N) is 1. The minimum Gasteiger partial charge on any atom is -0.317 e. The van der Waals surface area contributed by atoms with Crippen LogP contribution in [0.4, 0.5) is 0 Å². The van der Waals surface area contributed by atoms with E-state index in [0.717, 1.165) is 18.0 Å². The van der Waals surface area contributed by atoms with Crippen LogP contribution in [0, 0.1) is 5.92 Å². The summed E-state index contributed by atoms with van der Waals surface area (Å²) in [6.45, 7) is 1.35. The molecule has 2 fully saturated rings. The number of hydrogen-bond acceptors (Lipinski definition) is 2. The predicted octanol–water partition coefficient (Wildman–Crippen LogP) is 2.64. The van der Waals surface area contributed by atoms with Crippen molar-refractivity contribution in [2.45, 2.75) is 63.5 Å². The SMILES string of the molecule is CNC1CCCC(N(C)CC2CCCC2)C1. The standard InChI is InChI=1S/C14H28N2/c1-15-13-8-5-9-14(10-13)16(2)11-12-6-3-4-7-12/h12-15H,3-11H2,1-2H3. The first-order chi connectivity index (χ1) is 7.79. The van der Waals surface area contributed by atoms with E-state index in [1.54, 1.807) is 0 Å². The van der Waals surface area contributed by atoms with Crippen molar-refractivity contribution in [3.63, 3.8) is 0 Å². The molecule has 0 aromatic rings. The molecule has 16 heavy (non-hydrogen) atoms. The van der Waals surface area contributed by atoms with Crippen LogP contribution in [-0.4, -0.2) is 37.6 Å². The van der Waals surface area contributed by atoms with Gasteiger partial charge in [-0.3, -0.25) is 0 Å². The van der Waals surface area contributed by atoms with Crippen LogP contribution in [0.2, 0.25) is 0 Å². The van der Waals surface area contributed by atoms with Crippen LogP contribution in [0.5, 0.6) is 0 Å². The maximum atomic E-state index is 3.46. The summed E-state index contributed by atoms with van der Waals surface area (Å²) in [7, 11) is 4.46. The summed E-state index contributed by atoms with van der Waals surface area (Å²) in [4.78, 5) is 2.65. The second-order valence-corrected chi connectivity index (χ2v) is 5.90. The van der Waals surface area contributed by atoms with Crippen molar-refractivity contribution < 1.29 is 0 Å². The molecular weight excluding hydrogens is 196 g/mol. The molecule has 0 heterocycles. The summed E-state index contributed by atoms with van der Waals surface area (Å²) in [6.07, 6.45) is 11.5. The minimum absolute atomic E-state index is 0.768. The summed E-state index contributed by atoms with van der Waals surface area (Å²) >= 11 is 0.